The number of amides is 4. The number of carbonyl (C=O) groups is 5. The predicted molar refractivity (Wildman–Crippen MR) is 258 cm³/mol. The summed E-state index contributed by atoms with van der Waals surface area (Å²) in [6, 6.07) is 14.7. The number of hydrogen-bond acceptors (Lipinski definition) is 12. The van der Waals surface area contributed by atoms with Gasteiger partial charge >= 0.3 is 0 Å². The molecule has 2 aromatic heterocycles. The molecule has 4 saturated heterocycles. The van der Waals surface area contributed by atoms with Gasteiger partial charge in [-0.15, -0.1) is 11.3 Å². The van der Waals surface area contributed by atoms with Crippen LogP contribution in [0.2, 0.25) is 0 Å². The average Bonchev–Trinajstić information content (AvgIpc) is 4.12. The van der Waals surface area contributed by atoms with Gasteiger partial charge < -0.3 is 25.0 Å². The minimum absolute atomic E-state index is 0.000342. The Hall–Kier alpha value is -6.37. The molecule has 0 saturated carbocycles. The van der Waals surface area contributed by atoms with Crippen LogP contribution in [0.5, 0.6) is 0 Å². The first-order valence-electron chi connectivity index (χ1n) is 23.9. The van der Waals surface area contributed by atoms with Crippen LogP contribution in [0, 0.1) is 17.0 Å². The lowest BCUT2D eigenvalue weighted by atomic mass is 9.72. The molecule has 69 heavy (non-hydrogen) atoms. The zero-order valence-electron chi connectivity index (χ0n) is 38.6. The highest BCUT2D eigenvalue weighted by Crippen LogP contribution is 2.42. The van der Waals surface area contributed by atoms with Gasteiger partial charge in [0.1, 0.15) is 23.7 Å². The summed E-state index contributed by atoms with van der Waals surface area (Å²) in [6.07, 6.45) is 9.83. The number of aryl methyl sites for hydroxylation is 1. The van der Waals surface area contributed by atoms with E-state index in [1.165, 1.54) is 23.5 Å². The summed E-state index contributed by atoms with van der Waals surface area (Å²) < 4.78 is 33.5. The van der Waals surface area contributed by atoms with Gasteiger partial charge in [-0.2, -0.15) is 0 Å². The molecule has 10 rings (SSSR count). The number of aromatic nitrogens is 3. The van der Waals surface area contributed by atoms with Crippen molar-refractivity contribution in [3.05, 3.63) is 112 Å². The molecule has 2 unspecified atom stereocenters. The fraction of sp³-hybridized carbons (Fsp3) is 0.431. The maximum absolute atomic E-state index is 16.1. The maximum atomic E-state index is 16.1. The van der Waals surface area contributed by atoms with Gasteiger partial charge in [0.15, 0.2) is 11.4 Å². The highest BCUT2D eigenvalue weighted by Gasteiger charge is 2.47. The minimum Gasteiger partial charge on any atom is -0.374 e. The first-order valence-corrected chi connectivity index (χ1v) is 24.8. The van der Waals surface area contributed by atoms with Crippen molar-refractivity contribution in [1.82, 2.24) is 34.6 Å². The smallest absolute Gasteiger partial charge is 0.249 e. The van der Waals surface area contributed by atoms with Crippen LogP contribution in [0.4, 0.5) is 25.3 Å². The number of anilines is 3. The number of nitrogens with one attached hydrogen (secondary N) is 3. The number of halogens is 2. The molecule has 5 aliphatic rings. The summed E-state index contributed by atoms with van der Waals surface area (Å²) in [7, 11) is 1.74. The van der Waals surface area contributed by atoms with Crippen molar-refractivity contribution >= 4 is 57.8 Å². The first-order chi connectivity index (χ1) is 33.4. The second-order valence-electron chi connectivity index (χ2n) is 19.4. The molecule has 7 heterocycles. The van der Waals surface area contributed by atoms with E-state index in [2.05, 4.69) is 40.3 Å². The van der Waals surface area contributed by atoms with Gasteiger partial charge in [0.25, 0.3) is 0 Å². The molecule has 4 fully saturated rings. The third-order valence-electron chi connectivity index (χ3n) is 14.9. The van der Waals surface area contributed by atoms with E-state index in [1.54, 1.807) is 48.1 Å². The molecule has 0 bridgehead atoms. The van der Waals surface area contributed by atoms with Crippen LogP contribution in [0.25, 0.3) is 11.1 Å². The number of likely N-dealkylation sites (tertiary alicyclic amines) is 2. The Balaban J connectivity index is 0.696. The number of fused-ring (bicyclic) bond motifs is 1. The van der Waals surface area contributed by atoms with Crippen molar-refractivity contribution in [2.24, 2.45) is 5.41 Å². The van der Waals surface area contributed by atoms with E-state index < -0.39 is 23.8 Å². The summed E-state index contributed by atoms with van der Waals surface area (Å²) in [5, 5.41) is 10.5. The Morgan fingerprint density at radius 2 is 1.72 bits per heavy atom. The van der Waals surface area contributed by atoms with E-state index in [0.717, 1.165) is 88.2 Å². The van der Waals surface area contributed by atoms with Crippen molar-refractivity contribution in [3.8, 4) is 11.1 Å². The third kappa shape index (κ3) is 9.79. The molecule has 360 valence electrons. The van der Waals surface area contributed by atoms with Gasteiger partial charge in [-0.1, -0.05) is 18.2 Å². The predicted octanol–water partition coefficient (Wildman–Crippen LogP) is 6.38. The lowest BCUT2D eigenvalue weighted by Crippen LogP contribution is -2.63. The van der Waals surface area contributed by atoms with Crippen molar-refractivity contribution < 1.29 is 32.8 Å². The summed E-state index contributed by atoms with van der Waals surface area (Å²) in [4.78, 5) is 80.4. The number of benzene rings is 3. The first kappa shape index (κ1) is 46.4. The van der Waals surface area contributed by atoms with Crippen molar-refractivity contribution in [2.75, 3.05) is 68.4 Å². The van der Waals surface area contributed by atoms with Crippen LogP contribution in [-0.4, -0.2) is 118 Å². The maximum Gasteiger partial charge on any atom is 0.249 e. The Morgan fingerprint density at radius 1 is 0.942 bits per heavy atom. The van der Waals surface area contributed by atoms with Crippen LogP contribution in [0.3, 0.4) is 0 Å². The SMILES string of the molecule is CN(Cc1c(F)cc(-c2ccc(N3CCC4(CC3)CN(C(=O)CN3CCC(c5ccc(NC6CCC(=O)NC6=O)cc5F)CC3)C4)cc2)cc1C=O)C(C(=O)Nc1nccs1)c1ncn2c1CCC2. The van der Waals surface area contributed by atoms with Gasteiger partial charge in [0.05, 0.1) is 18.6 Å². The zero-order chi connectivity index (χ0) is 47.8. The highest BCUT2D eigenvalue weighted by atomic mass is 32.1. The number of piperidine rings is 3. The van der Waals surface area contributed by atoms with Gasteiger partial charge in [-0.3, -0.25) is 39.1 Å². The van der Waals surface area contributed by atoms with Crippen LogP contribution in [0.1, 0.15) is 89.8 Å². The van der Waals surface area contributed by atoms with Gasteiger partial charge in [0.2, 0.25) is 23.6 Å². The van der Waals surface area contributed by atoms with Crippen LogP contribution in [0.15, 0.2) is 72.5 Å². The van der Waals surface area contributed by atoms with Gasteiger partial charge in [0, 0.05) is 90.9 Å². The number of hydrogen-bond donors (Lipinski definition) is 3. The number of aldehydes is 1. The number of likely N-dealkylation sites (N-methyl/N-ethyl adjacent to an activating group) is 1. The molecule has 0 radical (unpaired) electrons. The fourth-order valence-corrected chi connectivity index (χ4v) is 11.5. The molecule has 18 heteroatoms. The highest BCUT2D eigenvalue weighted by molar-refractivity contribution is 7.13. The van der Waals surface area contributed by atoms with Crippen molar-refractivity contribution in [1.29, 1.82) is 0 Å². The second kappa shape index (κ2) is 19.6. The van der Waals surface area contributed by atoms with Crippen LogP contribution in [-0.2, 0) is 38.7 Å². The molecule has 4 amide bonds. The Morgan fingerprint density at radius 3 is 2.43 bits per heavy atom. The number of thiazole rings is 1. The quantitative estimate of drug-likeness (QED) is 0.0836. The lowest BCUT2D eigenvalue weighted by molar-refractivity contribution is -0.146. The summed E-state index contributed by atoms with van der Waals surface area (Å²) in [5.41, 5.74) is 5.71. The van der Waals surface area contributed by atoms with Crippen LogP contribution >= 0.6 is 11.3 Å². The van der Waals surface area contributed by atoms with Crippen molar-refractivity contribution in [3.63, 3.8) is 0 Å². The number of imidazole rings is 1. The van der Waals surface area contributed by atoms with E-state index in [9.17, 15) is 24.0 Å². The third-order valence-corrected chi connectivity index (χ3v) is 15.6. The molecule has 5 aliphatic heterocycles. The average molecular weight is 959 g/mol. The second-order valence-corrected chi connectivity index (χ2v) is 20.3. The summed E-state index contributed by atoms with van der Waals surface area (Å²) in [6.45, 7) is 5.82. The number of imide groups is 1. The Labute approximate surface area is 403 Å². The number of rotatable bonds is 14. The molecule has 3 aromatic carbocycles. The van der Waals surface area contributed by atoms with Crippen molar-refractivity contribution in [2.45, 2.75) is 82.5 Å². The van der Waals surface area contributed by atoms with E-state index in [1.807, 2.05) is 29.2 Å². The van der Waals surface area contributed by atoms with Gasteiger partial charge in [-0.05, 0) is 124 Å². The Kier molecular flexibility index (Phi) is 13.1. The molecular weight excluding hydrogens is 903 g/mol. The largest absolute Gasteiger partial charge is 0.374 e. The number of nitrogens with zero attached hydrogens (tertiary/aromatic N) is 7. The van der Waals surface area contributed by atoms with E-state index in [0.29, 0.717) is 60.0 Å². The normalized spacial score (nSPS) is 19.9. The standard InChI is InChI=1S/C51H56F2N10O5S/c1-59(47(49(68)58-50-54-16-22-69-50)46-43-3-2-17-62(43)31-55-46)26-39-35(28-64)23-34(24-40(39)52)32-4-7-37(8-5-32)61-20-14-51(15-21-61)29-63(30-51)45(66)27-60-18-12-33(13-19-60)38-9-6-36(25-41(38)53)56-42-10-11-44(65)57-48(42)67/h4-9,16,22-25,28,31,33,42,47,56H,2-3,10-15,17-21,26-27,29-30H2,1H3,(H,54,58,68)(H,57,65,67). The zero-order valence-corrected chi connectivity index (χ0v) is 39.4. The monoisotopic (exact) mass is 958 g/mol. The molecule has 3 N–H and O–H groups in total. The minimum atomic E-state index is -0.835. The molecule has 0 aliphatic carbocycles. The van der Waals surface area contributed by atoms with Gasteiger partial charge in [-0.25, -0.2) is 18.7 Å². The van der Waals surface area contributed by atoms with Crippen LogP contribution < -0.4 is 20.9 Å². The number of carbonyl (C=O) groups excluding carboxylic acids is 5. The molecule has 5 aromatic rings. The summed E-state index contributed by atoms with van der Waals surface area (Å²) >= 11 is 1.31. The lowest BCUT2D eigenvalue weighted by Gasteiger charge is -2.54. The topological polar surface area (TPSA) is 165 Å². The van der Waals surface area contributed by atoms with E-state index >= 15 is 8.78 Å². The van der Waals surface area contributed by atoms with E-state index in [-0.39, 0.29) is 59.0 Å². The molecule has 2 atom stereocenters. The van der Waals surface area contributed by atoms with E-state index in [4.69, 9.17) is 0 Å². The molecule has 15 nitrogen and oxygen atoms in total. The Bertz CT molecular complexity index is 2740. The molecule has 1 spiro atoms. The fourth-order valence-electron chi connectivity index (χ4n) is 11.0. The molecular formula is C51H56F2N10O5S. The summed E-state index contributed by atoms with van der Waals surface area (Å²) in [5.74, 6) is -1.69.